The molecule has 2 rings (SSSR count). The molecule has 0 saturated heterocycles. The molecule has 5 nitrogen and oxygen atoms in total. The molecule has 1 amide bonds. The molecule has 0 radical (unpaired) electrons. The third-order valence-corrected chi connectivity index (χ3v) is 2.97. The minimum atomic E-state index is 0.110. The standard InChI is InChI=1S/C14H22N2O3/c17-14(6-8-15-12-4-5-12)16-7-2-9-18-11-13-3-1-10-19-13/h1,3,10,12,15H,2,4-9,11H2,(H,16,17). The number of hydrogen-bond acceptors (Lipinski definition) is 4. The van der Waals surface area contributed by atoms with Gasteiger partial charge in [-0.05, 0) is 31.4 Å². The molecule has 2 N–H and O–H groups in total. The predicted molar refractivity (Wildman–Crippen MR) is 71.6 cm³/mol. The molecule has 1 fully saturated rings. The molecular weight excluding hydrogens is 244 g/mol. The van der Waals surface area contributed by atoms with E-state index in [2.05, 4.69) is 10.6 Å². The molecule has 0 atom stereocenters. The van der Waals surface area contributed by atoms with Crippen molar-refractivity contribution in [1.29, 1.82) is 0 Å². The summed E-state index contributed by atoms with van der Waals surface area (Å²) in [6, 6.07) is 4.39. The summed E-state index contributed by atoms with van der Waals surface area (Å²) in [5.41, 5.74) is 0. The van der Waals surface area contributed by atoms with Crippen molar-refractivity contribution in [3.8, 4) is 0 Å². The van der Waals surface area contributed by atoms with E-state index >= 15 is 0 Å². The highest BCUT2D eigenvalue weighted by Gasteiger charge is 2.19. The molecule has 0 aliphatic heterocycles. The average Bonchev–Trinajstić information content (AvgIpc) is 3.08. The van der Waals surface area contributed by atoms with Crippen molar-refractivity contribution in [1.82, 2.24) is 10.6 Å². The Hall–Kier alpha value is -1.33. The number of carbonyl (C=O) groups is 1. The Morgan fingerprint density at radius 1 is 1.42 bits per heavy atom. The highest BCUT2D eigenvalue weighted by Crippen LogP contribution is 2.18. The van der Waals surface area contributed by atoms with Gasteiger partial charge >= 0.3 is 0 Å². The summed E-state index contributed by atoms with van der Waals surface area (Å²) in [6.45, 7) is 2.57. The molecule has 1 heterocycles. The molecule has 1 aromatic rings. The maximum absolute atomic E-state index is 11.5. The molecule has 1 aromatic heterocycles. The first-order valence-electron chi connectivity index (χ1n) is 6.95. The topological polar surface area (TPSA) is 63.5 Å². The second-order valence-electron chi connectivity index (χ2n) is 4.81. The van der Waals surface area contributed by atoms with E-state index in [0.29, 0.717) is 32.2 Å². The Bertz CT molecular complexity index is 361. The lowest BCUT2D eigenvalue weighted by molar-refractivity contribution is -0.121. The van der Waals surface area contributed by atoms with Gasteiger partial charge in [-0.1, -0.05) is 0 Å². The van der Waals surface area contributed by atoms with Crippen LogP contribution in [0, 0.1) is 0 Å². The van der Waals surface area contributed by atoms with Crippen molar-refractivity contribution in [3.63, 3.8) is 0 Å². The van der Waals surface area contributed by atoms with Gasteiger partial charge in [0.25, 0.3) is 0 Å². The van der Waals surface area contributed by atoms with E-state index in [9.17, 15) is 4.79 Å². The Morgan fingerprint density at radius 2 is 2.32 bits per heavy atom. The second-order valence-corrected chi connectivity index (χ2v) is 4.81. The van der Waals surface area contributed by atoms with E-state index in [0.717, 1.165) is 18.7 Å². The number of ether oxygens (including phenoxy) is 1. The van der Waals surface area contributed by atoms with E-state index in [1.54, 1.807) is 6.26 Å². The molecular formula is C14H22N2O3. The minimum absolute atomic E-state index is 0.110. The van der Waals surface area contributed by atoms with E-state index in [4.69, 9.17) is 9.15 Å². The van der Waals surface area contributed by atoms with E-state index < -0.39 is 0 Å². The maximum Gasteiger partial charge on any atom is 0.221 e. The van der Waals surface area contributed by atoms with Crippen LogP contribution in [0.4, 0.5) is 0 Å². The highest BCUT2D eigenvalue weighted by atomic mass is 16.5. The van der Waals surface area contributed by atoms with Gasteiger partial charge in [0.2, 0.25) is 5.91 Å². The number of carbonyl (C=O) groups excluding carboxylic acids is 1. The zero-order valence-corrected chi connectivity index (χ0v) is 11.2. The fraction of sp³-hybridized carbons (Fsp3) is 0.643. The summed E-state index contributed by atoms with van der Waals surface area (Å²) >= 11 is 0. The summed E-state index contributed by atoms with van der Waals surface area (Å²) < 4.78 is 10.6. The lowest BCUT2D eigenvalue weighted by Crippen LogP contribution is -2.29. The van der Waals surface area contributed by atoms with Crippen molar-refractivity contribution >= 4 is 5.91 Å². The molecule has 1 saturated carbocycles. The van der Waals surface area contributed by atoms with Crippen LogP contribution in [0.25, 0.3) is 0 Å². The third-order valence-electron chi connectivity index (χ3n) is 2.97. The van der Waals surface area contributed by atoms with Crippen LogP contribution in [0.2, 0.25) is 0 Å². The van der Waals surface area contributed by atoms with Crippen LogP contribution in [0.5, 0.6) is 0 Å². The van der Waals surface area contributed by atoms with Crippen molar-refractivity contribution < 1.29 is 13.9 Å². The molecule has 0 unspecified atom stereocenters. The van der Waals surface area contributed by atoms with Gasteiger partial charge in [-0.15, -0.1) is 0 Å². The van der Waals surface area contributed by atoms with Crippen LogP contribution in [0.1, 0.15) is 31.4 Å². The fourth-order valence-corrected chi connectivity index (χ4v) is 1.74. The second kappa shape index (κ2) is 7.96. The van der Waals surface area contributed by atoms with E-state index in [1.165, 1.54) is 12.8 Å². The average molecular weight is 266 g/mol. The van der Waals surface area contributed by atoms with Gasteiger partial charge in [-0.3, -0.25) is 4.79 Å². The number of rotatable bonds is 10. The lowest BCUT2D eigenvalue weighted by Gasteiger charge is -2.06. The van der Waals surface area contributed by atoms with Gasteiger partial charge in [0.1, 0.15) is 12.4 Å². The lowest BCUT2D eigenvalue weighted by atomic mass is 10.3. The number of furan rings is 1. The number of amides is 1. The normalized spacial score (nSPS) is 14.5. The minimum Gasteiger partial charge on any atom is -0.467 e. The smallest absolute Gasteiger partial charge is 0.221 e. The monoisotopic (exact) mass is 266 g/mol. The Balaban J connectivity index is 1.37. The fourth-order valence-electron chi connectivity index (χ4n) is 1.74. The first kappa shape index (κ1) is 14.1. The van der Waals surface area contributed by atoms with Crippen molar-refractivity contribution in [2.45, 2.75) is 38.3 Å². The van der Waals surface area contributed by atoms with Crippen molar-refractivity contribution in [2.24, 2.45) is 0 Å². The third kappa shape index (κ3) is 6.40. The Labute approximate surface area is 113 Å². The van der Waals surface area contributed by atoms with Gasteiger partial charge < -0.3 is 19.8 Å². The zero-order chi connectivity index (χ0) is 13.3. The molecule has 5 heteroatoms. The predicted octanol–water partition coefficient (Wildman–Crippen LogP) is 1.44. The van der Waals surface area contributed by atoms with Crippen molar-refractivity contribution in [2.75, 3.05) is 19.7 Å². The van der Waals surface area contributed by atoms with Gasteiger partial charge in [-0.25, -0.2) is 0 Å². The maximum atomic E-state index is 11.5. The summed E-state index contributed by atoms with van der Waals surface area (Å²) in [5, 5.41) is 6.21. The van der Waals surface area contributed by atoms with Crippen LogP contribution in [-0.2, 0) is 16.1 Å². The summed E-state index contributed by atoms with van der Waals surface area (Å²) in [4.78, 5) is 11.5. The number of hydrogen-bond donors (Lipinski definition) is 2. The summed E-state index contributed by atoms with van der Waals surface area (Å²) in [6.07, 6.45) is 5.53. The molecule has 0 bridgehead atoms. The van der Waals surface area contributed by atoms with Crippen LogP contribution in [0.3, 0.4) is 0 Å². The van der Waals surface area contributed by atoms with Crippen LogP contribution in [-0.4, -0.2) is 31.6 Å². The van der Waals surface area contributed by atoms with Gasteiger partial charge in [0.15, 0.2) is 0 Å². The van der Waals surface area contributed by atoms with Crippen LogP contribution < -0.4 is 10.6 Å². The van der Waals surface area contributed by atoms with Crippen LogP contribution in [0.15, 0.2) is 22.8 Å². The molecule has 1 aliphatic carbocycles. The largest absolute Gasteiger partial charge is 0.467 e. The number of nitrogens with one attached hydrogen (secondary N) is 2. The van der Waals surface area contributed by atoms with Crippen molar-refractivity contribution in [3.05, 3.63) is 24.2 Å². The van der Waals surface area contributed by atoms with Crippen LogP contribution >= 0.6 is 0 Å². The first-order valence-corrected chi connectivity index (χ1v) is 6.95. The summed E-state index contributed by atoms with van der Waals surface area (Å²) in [7, 11) is 0. The molecule has 0 aromatic carbocycles. The molecule has 19 heavy (non-hydrogen) atoms. The quantitative estimate of drug-likeness (QED) is 0.629. The van der Waals surface area contributed by atoms with E-state index in [-0.39, 0.29) is 5.91 Å². The van der Waals surface area contributed by atoms with Gasteiger partial charge in [0.05, 0.1) is 6.26 Å². The zero-order valence-electron chi connectivity index (χ0n) is 11.2. The molecule has 0 spiro atoms. The molecule has 1 aliphatic rings. The summed E-state index contributed by atoms with van der Waals surface area (Å²) in [5.74, 6) is 0.939. The Kier molecular flexibility index (Phi) is 5.91. The SMILES string of the molecule is O=C(CCNC1CC1)NCCCOCc1ccco1. The van der Waals surface area contributed by atoms with Gasteiger partial charge in [0, 0.05) is 32.2 Å². The van der Waals surface area contributed by atoms with Gasteiger partial charge in [-0.2, -0.15) is 0 Å². The van der Waals surface area contributed by atoms with E-state index in [1.807, 2.05) is 12.1 Å². The Morgan fingerprint density at radius 3 is 3.05 bits per heavy atom. The highest BCUT2D eigenvalue weighted by molar-refractivity contribution is 5.75. The first-order chi connectivity index (χ1) is 9.34. The molecule has 106 valence electrons.